The number of imidazole rings is 1. The van der Waals surface area contributed by atoms with Gasteiger partial charge in [-0.15, -0.1) is 0 Å². The molecule has 2 fully saturated rings. The molecule has 2 aromatic rings. The van der Waals surface area contributed by atoms with E-state index >= 15 is 0 Å². The molecule has 1 amide bonds. The molecule has 26 heavy (non-hydrogen) atoms. The number of nitrogens with zero attached hydrogens (tertiary/aromatic N) is 4. The monoisotopic (exact) mass is 354 g/mol. The third-order valence-electron chi connectivity index (χ3n) is 5.96. The molecule has 0 radical (unpaired) electrons. The molecule has 4 rings (SSSR count). The number of aryl methyl sites for hydroxylation is 1. The van der Waals surface area contributed by atoms with Gasteiger partial charge in [0.05, 0.1) is 5.69 Å². The van der Waals surface area contributed by atoms with Gasteiger partial charge in [-0.1, -0.05) is 13.8 Å². The van der Waals surface area contributed by atoms with Crippen molar-refractivity contribution in [2.45, 2.75) is 46.6 Å². The van der Waals surface area contributed by atoms with Crippen LogP contribution in [0.2, 0.25) is 0 Å². The molecule has 2 aliphatic heterocycles. The van der Waals surface area contributed by atoms with Crippen molar-refractivity contribution in [3.63, 3.8) is 0 Å². The smallest absolute Gasteiger partial charge is 0.223 e. The summed E-state index contributed by atoms with van der Waals surface area (Å²) in [6.07, 6.45) is 7.23. The third-order valence-corrected chi connectivity index (χ3v) is 5.96. The first-order chi connectivity index (χ1) is 12.4. The second-order valence-electron chi connectivity index (χ2n) is 8.82. The summed E-state index contributed by atoms with van der Waals surface area (Å²) in [7, 11) is 0. The molecule has 0 bridgehead atoms. The molecule has 5 heteroatoms. The fourth-order valence-corrected chi connectivity index (χ4v) is 4.55. The molecule has 2 aromatic heterocycles. The minimum Gasteiger partial charge on any atom is -0.342 e. The topological polar surface area (TPSA) is 40.9 Å². The van der Waals surface area contributed by atoms with E-state index in [4.69, 9.17) is 4.98 Å². The number of piperidine rings is 1. The van der Waals surface area contributed by atoms with Crippen molar-refractivity contribution in [3.05, 3.63) is 35.8 Å². The predicted octanol–water partition coefficient (Wildman–Crippen LogP) is 3.11. The molecule has 0 saturated carbocycles. The van der Waals surface area contributed by atoms with Crippen molar-refractivity contribution >= 4 is 11.6 Å². The fraction of sp³-hybridized carbons (Fsp3) is 0.619. The van der Waals surface area contributed by atoms with Crippen LogP contribution in [-0.4, -0.2) is 51.3 Å². The molecule has 1 spiro atoms. The lowest BCUT2D eigenvalue weighted by Gasteiger charge is -2.38. The molecule has 2 aliphatic rings. The Hall–Kier alpha value is -1.88. The van der Waals surface area contributed by atoms with E-state index in [0.717, 1.165) is 63.3 Å². The van der Waals surface area contributed by atoms with E-state index in [-0.39, 0.29) is 5.41 Å². The van der Waals surface area contributed by atoms with Gasteiger partial charge in [0.2, 0.25) is 5.91 Å². The van der Waals surface area contributed by atoms with Crippen LogP contribution in [0.5, 0.6) is 0 Å². The third kappa shape index (κ3) is 3.50. The van der Waals surface area contributed by atoms with Gasteiger partial charge in [0, 0.05) is 38.4 Å². The Morgan fingerprint density at radius 2 is 2.04 bits per heavy atom. The van der Waals surface area contributed by atoms with Gasteiger partial charge < -0.3 is 9.30 Å². The average molecular weight is 354 g/mol. The normalized spacial score (nSPS) is 20.8. The van der Waals surface area contributed by atoms with Crippen molar-refractivity contribution in [1.29, 1.82) is 0 Å². The number of pyridine rings is 1. The van der Waals surface area contributed by atoms with E-state index in [9.17, 15) is 4.79 Å². The number of rotatable bonds is 4. The van der Waals surface area contributed by atoms with E-state index in [1.54, 1.807) is 0 Å². The number of amides is 1. The molecule has 0 atom stereocenters. The Morgan fingerprint density at radius 1 is 1.27 bits per heavy atom. The van der Waals surface area contributed by atoms with Gasteiger partial charge in [-0.3, -0.25) is 9.69 Å². The first kappa shape index (κ1) is 17.5. The van der Waals surface area contributed by atoms with Crippen LogP contribution in [0.15, 0.2) is 24.5 Å². The largest absolute Gasteiger partial charge is 0.342 e. The average Bonchev–Trinajstić information content (AvgIpc) is 3.10. The van der Waals surface area contributed by atoms with Gasteiger partial charge in [0.15, 0.2) is 0 Å². The molecular weight excluding hydrogens is 324 g/mol. The SMILES string of the molecule is Cc1ccn2cc(CN3CCC4(CC3)CC(=O)N(CC(C)C)C4)nc2c1. The summed E-state index contributed by atoms with van der Waals surface area (Å²) in [6.45, 7) is 11.4. The summed E-state index contributed by atoms with van der Waals surface area (Å²) in [6, 6.07) is 4.24. The zero-order chi connectivity index (χ0) is 18.3. The molecule has 5 nitrogen and oxygen atoms in total. The summed E-state index contributed by atoms with van der Waals surface area (Å²) < 4.78 is 2.10. The molecule has 0 N–H and O–H groups in total. The number of carbonyl (C=O) groups excluding carboxylic acids is 1. The first-order valence-electron chi connectivity index (χ1n) is 9.87. The minimum absolute atomic E-state index is 0.221. The van der Waals surface area contributed by atoms with E-state index < -0.39 is 0 Å². The zero-order valence-electron chi connectivity index (χ0n) is 16.2. The van der Waals surface area contributed by atoms with E-state index in [1.807, 2.05) is 0 Å². The van der Waals surface area contributed by atoms with Crippen molar-refractivity contribution < 1.29 is 4.79 Å². The van der Waals surface area contributed by atoms with Gasteiger partial charge in [0.25, 0.3) is 0 Å². The predicted molar refractivity (Wildman–Crippen MR) is 103 cm³/mol. The maximum atomic E-state index is 12.4. The molecule has 0 aromatic carbocycles. The maximum Gasteiger partial charge on any atom is 0.223 e. The van der Waals surface area contributed by atoms with Crippen LogP contribution in [0.4, 0.5) is 0 Å². The molecule has 140 valence electrons. The number of hydrogen-bond acceptors (Lipinski definition) is 3. The number of fused-ring (bicyclic) bond motifs is 1. The highest BCUT2D eigenvalue weighted by molar-refractivity contribution is 5.79. The summed E-state index contributed by atoms with van der Waals surface area (Å²) in [4.78, 5) is 21.8. The summed E-state index contributed by atoms with van der Waals surface area (Å²) >= 11 is 0. The fourth-order valence-electron chi connectivity index (χ4n) is 4.55. The standard InChI is InChI=1S/C21H30N4O/c1-16(2)12-25-15-21(11-20(25)26)5-8-23(9-6-21)13-18-14-24-7-4-17(3)10-19(24)22-18/h4,7,10,14,16H,5-6,8-9,11-13,15H2,1-3H3. The Labute approximate surface area is 156 Å². The molecular formula is C21H30N4O. The van der Waals surface area contributed by atoms with Crippen molar-refractivity contribution in [2.75, 3.05) is 26.2 Å². The van der Waals surface area contributed by atoms with E-state index in [2.05, 4.69) is 59.5 Å². The second kappa shape index (κ2) is 6.69. The van der Waals surface area contributed by atoms with Crippen LogP contribution in [0.1, 0.15) is 44.4 Å². The molecule has 0 aliphatic carbocycles. The number of hydrogen-bond donors (Lipinski definition) is 0. The highest BCUT2D eigenvalue weighted by atomic mass is 16.2. The van der Waals surface area contributed by atoms with Gasteiger partial charge in [0.1, 0.15) is 5.65 Å². The van der Waals surface area contributed by atoms with Crippen molar-refractivity contribution in [1.82, 2.24) is 19.2 Å². The number of likely N-dealkylation sites (tertiary alicyclic amines) is 2. The van der Waals surface area contributed by atoms with Gasteiger partial charge in [-0.2, -0.15) is 0 Å². The lowest BCUT2D eigenvalue weighted by molar-refractivity contribution is -0.128. The summed E-state index contributed by atoms with van der Waals surface area (Å²) in [5, 5.41) is 0. The van der Waals surface area contributed by atoms with Crippen LogP contribution in [0, 0.1) is 18.3 Å². The van der Waals surface area contributed by atoms with Crippen LogP contribution < -0.4 is 0 Å². The minimum atomic E-state index is 0.221. The number of aromatic nitrogens is 2. The molecule has 2 saturated heterocycles. The highest BCUT2D eigenvalue weighted by Crippen LogP contribution is 2.41. The van der Waals surface area contributed by atoms with Crippen LogP contribution in [0.25, 0.3) is 5.65 Å². The lowest BCUT2D eigenvalue weighted by atomic mass is 9.77. The maximum absolute atomic E-state index is 12.4. The Morgan fingerprint density at radius 3 is 2.77 bits per heavy atom. The van der Waals surface area contributed by atoms with E-state index in [1.165, 1.54) is 5.56 Å². The van der Waals surface area contributed by atoms with E-state index in [0.29, 0.717) is 11.8 Å². The molecule has 4 heterocycles. The Bertz CT molecular complexity index is 801. The van der Waals surface area contributed by atoms with Crippen molar-refractivity contribution in [2.24, 2.45) is 11.3 Å². The van der Waals surface area contributed by atoms with Crippen molar-refractivity contribution in [3.8, 4) is 0 Å². The lowest BCUT2D eigenvalue weighted by Crippen LogP contribution is -2.41. The summed E-state index contributed by atoms with van der Waals surface area (Å²) in [5.74, 6) is 0.913. The number of carbonyl (C=O) groups is 1. The quantitative estimate of drug-likeness (QED) is 0.847. The zero-order valence-corrected chi connectivity index (χ0v) is 16.2. The van der Waals surface area contributed by atoms with Gasteiger partial charge in [-0.25, -0.2) is 4.98 Å². The Balaban J connectivity index is 1.37. The van der Waals surface area contributed by atoms with Crippen LogP contribution in [0.3, 0.4) is 0 Å². The summed E-state index contributed by atoms with van der Waals surface area (Å²) in [5.41, 5.74) is 3.62. The van der Waals surface area contributed by atoms with Crippen LogP contribution >= 0.6 is 0 Å². The van der Waals surface area contributed by atoms with Gasteiger partial charge in [-0.05, 0) is 61.9 Å². The second-order valence-corrected chi connectivity index (χ2v) is 8.82. The molecule has 0 unspecified atom stereocenters. The highest BCUT2D eigenvalue weighted by Gasteiger charge is 2.44. The Kier molecular flexibility index (Phi) is 4.51. The van der Waals surface area contributed by atoms with Gasteiger partial charge >= 0.3 is 0 Å². The van der Waals surface area contributed by atoms with Crippen LogP contribution in [-0.2, 0) is 11.3 Å². The first-order valence-corrected chi connectivity index (χ1v) is 9.87.